The molecule has 2 aliphatic rings. The van der Waals surface area contributed by atoms with E-state index < -0.39 is 0 Å². The second-order valence-corrected chi connectivity index (χ2v) is 8.13. The first-order valence-corrected chi connectivity index (χ1v) is 10.1. The molecule has 2 unspecified atom stereocenters. The van der Waals surface area contributed by atoms with Crippen LogP contribution >= 0.6 is 15.9 Å². The van der Waals surface area contributed by atoms with E-state index in [1.807, 2.05) is 24.3 Å². The summed E-state index contributed by atoms with van der Waals surface area (Å²) in [7, 11) is 0. The minimum atomic E-state index is 0.456. The predicted molar refractivity (Wildman–Crippen MR) is 109 cm³/mol. The quantitative estimate of drug-likeness (QED) is 0.446. The van der Waals surface area contributed by atoms with Gasteiger partial charge in [0, 0.05) is 25.2 Å². The molecular weight excluding hydrogens is 422 g/mol. The van der Waals surface area contributed by atoms with Gasteiger partial charge in [-0.15, -0.1) is 0 Å². The molecule has 0 saturated carbocycles. The van der Waals surface area contributed by atoms with Crippen molar-refractivity contribution in [3.05, 3.63) is 40.8 Å². The summed E-state index contributed by atoms with van der Waals surface area (Å²) in [6, 6.07) is 8.99. The summed E-state index contributed by atoms with van der Waals surface area (Å²) in [6.45, 7) is 2.45. The lowest BCUT2D eigenvalue weighted by atomic mass is 10.2. The molecule has 0 spiro atoms. The van der Waals surface area contributed by atoms with Gasteiger partial charge in [0.2, 0.25) is 11.9 Å². The molecular formula is C18H18BrN9. The second kappa shape index (κ2) is 6.14. The zero-order valence-corrected chi connectivity index (χ0v) is 16.5. The molecule has 9 nitrogen and oxygen atoms in total. The largest absolute Gasteiger partial charge is 0.347 e. The third kappa shape index (κ3) is 2.55. The number of hydrogen-bond acceptors (Lipinski definition) is 7. The number of H-pyrrole nitrogens is 1. The molecule has 28 heavy (non-hydrogen) atoms. The van der Waals surface area contributed by atoms with Crippen LogP contribution in [-0.2, 0) is 6.54 Å². The van der Waals surface area contributed by atoms with Crippen LogP contribution in [0, 0.1) is 0 Å². The first-order valence-electron chi connectivity index (χ1n) is 9.33. The molecule has 3 N–H and O–H groups in total. The lowest BCUT2D eigenvalue weighted by molar-refractivity contribution is 0.571. The van der Waals surface area contributed by atoms with Crippen LogP contribution in [0.2, 0.25) is 0 Å². The Labute approximate surface area is 168 Å². The van der Waals surface area contributed by atoms with E-state index in [-0.39, 0.29) is 0 Å². The molecule has 3 aromatic heterocycles. The Balaban J connectivity index is 1.34. The van der Waals surface area contributed by atoms with Crippen LogP contribution in [0.25, 0.3) is 16.7 Å². The standard InChI is InChI=1S/C18H18BrN9/c19-12-7-22-28-16(12)25-18(27-9-10-5-11(27)6-20-10)26-17(28)21-8-15-23-13-3-1-2-4-14(13)24-15/h1-4,7,10-11,20H,5-6,8-9H2,(H,23,24)(H,21,25,26). The SMILES string of the molecule is Brc1cnn2c(NCc3nc4ccccc4[nH]3)nc(N3CC4CC3CN4)nc12. The number of piperazine rings is 1. The highest BCUT2D eigenvalue weighted by Gasteiger charge is 2.39. The number of imidazole rings is 1. The van der Waals surface area contributed by atoms with E-state index in [2.05, 4.69) is 46.5 Å². The molecule has 2 bridgehead atoms. The van der Waals surface area contributed by atoms with Gasteiger partial charge in [0.15, 0.2) is 5.65 Å². The summed E-state index contributed by atoms with van der Waals surface area (Å²) in [4.78, 5) is 19.8. The molecule has 2 fully saturated rings. The maximum Gasteiger partial charge on any atom is 0.231 e. The van der Waals surface area contributed by atoms with Gasteiger partial charge in [-0.05, 0) is 34.5 Å². The van der Waals surface area contributed by atoms with Gasteiger partial charge >= 0.3 is 0 Å². The van der Waals surface area contributed by atoms with E-state index in [1.54, 1.807) is 10.7 Å². The third-order valence-corrected chi connectivity index (χ3v) is 6.04. The molecule has 2 atom stereocenters. The number of hydrogen-bond donors (Lipinski definition) is 3. The molecule has 142 valence electrons. The smallest absolute Gasteiger partial charge is 0.231 e. The molecule has 4 aromatic rings. The van der Waals surface area contributed by atoms with Crippen molar-refractivity contribution < 1.29 is 0 Å². The van der Waals surface area contributed by atoms with Crippen molar-refractivity contribution in [2.24, 2.45) is 0 Å². The number of aromatic amines is 1. The zero-order chi connectivity index (χ0) is 18.7. The first-order chi connectivity index (χ1) is 13.7. The number of fused-ring (bicyclic) bond motifs is 4. The summed E-state index contributed by atoms with van der Waals surface area (Å²) < 4.78 is 2.58. The summed E-state index contributed by atoms with van der Waals surface area (Å²) in [5.74, 6) is 2.25. The molecule has 6 rings (SSSR count). The number of nitrogens with one attached hydrogen (secondary N) is 3. The average molecular weight is 440 g/mol. The lowest BCUT2D eigenvalue weighted by Gasteiger charge is -2.27. The molecule has 2 saturated heterocycles. The first kappa shape index (κ1) is 16.3. The van der Waals surface area contributed by atoms with E-state index in [0.717, 1.165) is 52.4 Å². The Kier molecular flexibility index (Phi) is 3.57. The van der Waals surface area contributed by atoms with Crippen molar-refractivity contribution in [1.29, 1.82) is 0 Å². The summed E-state index contributed by atoms with van der Waals surface area (Å²) in [5, 5.41) is 11.3. The third-order valence-electron chi connectivity index (χ3n) is 5.48. The van der Waals surface area contributed by atoms with Crippen molar-refractivity contribution in [3.63, 3.8) is 0 Å². The van der Waals surface area contributed by atoms with Crippen molar-refractivity contribution in [3.8, 4) is 0 Å². The second-order valence-electron chi connectivity index (χ2n) is 7.28. The van der Waals surface area contributed by atoms with Crippen LogP contribution in [-0.4, -0.2) is 54.7 Å². The van der Waals surface area contributed by atoms with E-state index >= 15 is 0 Å². The average Bonchev–Trinajstić information content (AvgIpc) is 3.49. The van der Waals surface area contributed by atoms with E-state index in [9.17, 15) is 0 Å². The molecule has 0 amide bonds. The van der Waals surface area contributed by atoms with Gasteiger partial charge < -0.3 is 20.5 Å². The number of aromatic nitrogens is 6. The maximum atomic E-state index is 4.80. The van der Waals surface area contributed by atoms with Crippen LogP contribution in [0.15, 0.2) is 34.9 Å². The van der Waals surface area contributed by atoms with Crippen LogP contribution in [0.1, 0.15) is 12.2 Å². The fraction of sp³-hybridized carbons (Fsp3) is 0.333. The normalized spacial score (nSPS) is 21.2. The Bertz CT molecular complexity index is 1150. The van der Waals surface area contributed by atoms with Crippen LogP contribution < -0.4 is 15.5 Å². The summed E-state index contributed by atoms with van der Waals surface area (Å²) >= 11 is 3.55. The summed E-state index contributed by atoms with van der Waals surface area (Å²) in [5.41, 5.74) is 2.73. The molecule has 2 aliphatic heterocycles. The van der Waals surface area contributed by atoms with Crippen LogP contribution in [0.5, 0.6) is 0 Å². The topological polar surface area (TPSA) is 99.1 Å². The molecule has 5 heterocycles. The maximum absolute atomic E-state index is 4.80. The molecule has 1 aromatic carbocycles. The van der Waals surface area contributed by atoms with E-state index in [0.29, 0.717) is 24.6 Å². The van der Waals surface area contributed by atoms with Crippen molar-refractivity contribution >= 4 is 44.5 Å². The number of rotatable bonds is 4. The van der Waals surface area contributed by atoms with Crippen LogP contribution in [0.3, 0.4) is 0 Å². The Hall–Kier alpha value is -2.72. The van der Waals surface area contributed by atoms with Gasteiger partial charge in [-0.3, -0.25) is 0 Å². The Morgan fingerprint density at radius 2 is 2.14 bits per heavy atom. The van der Waals surface area contributed by atoms with Gasteiger partial charge in [-0.1, -0.05) is 12.1 Å². The predicted octanol–water partition coefficient (Wildman–Crippen LogP) is 1.93. The number of benzene rings is 1. The Morgan fingerprint density at radius 1 is 1.21 bits per heavy atom. The minimum absolute atomic E-state index is 0.456. The highest BCUT2D eigenvalue weighted by Crippen LogP contribution is 2.29. The van der Waals surface area contributed by atoms with E-state index in [4.69, 9.17) is 9.97 Å². The number of anilines is 2. The highest BCUT2D eigenvalue weighted by atomic mass is 79.9. The lowest BCUT2D eigenvalue weighted by Crippen LogP contribution is -2.44. The number of halogens is 1. The van der Waals surface area contributed by atoms with Gasteiger partial charge in [0.25, 0.3) is 0 Å². The van der Waals surface area contributed by atoms with Crippen molar-refractivity contribution in [2.75, 3.05) is 23.3 Å². The zero-order valence-electron chi connectivity index (χ0n) is 14.9. The van der Waals surface area contributed by atoms with Gasteiger partial charge in [0.05, 0.1) is 28.2 Å². The fourth-order valence-corrected chi connectivity index (χ4v) is 4.49. The van der Waals surface area contributed by atoms with Gasteiger partial charge in [0.1, 0.15) is 5.82 Å². The number of nitrogens with zero attached hydrogens (tertiary/aromatic N) is 6. The molecule has 0 aliphatic carbocycles. The number of para-hydroxylation sites is 2. The van der Waals surface area contributed by atoms with E-state index in [1.165, 1.54) is 0 Å². The highest BCUT2D eigenvalue weighted by molar-refractivity contribution is 9.10. The van der Waals surface area contributed by atoms with Crippen molar-refractivity contribution in [1.82, 2.24) is 34.9 Å². The summed E-state index contributed by atoms with van der Waals surface area (Å²) in [6.07, 6.45) is 2.90. The minimum Gasteiger partial charge on any atom is -0.347 e. The van der Waals surface area contributed by atoms with Gasteiger partial charge in [-0.25, -0.2) is 4.98 Å². The fourth-order valence-electron chi connectivity index (χ4n) is 4.14. The monoisotopic (exact) mass is 439 g/mol. The van der Waals surface area contributed by atoms with Crippen molar-refractivity contribution in [2.45, 2.75) is 25.0 Å². The molecule has 0 radical (unpaired) electrons. The molecule has 10 heteroatoms. The van der Waals surface area contributed by atoms with Gasteiger partial charge in [-0.2, -0.15) is 19.6 Å². The Morgan fingerprint density at radius 3 is 2.96 bits per heavy atom. The van der Waals surface area contributed by atoms with Crippen LogP contribution in [0.4, 0.5) is 11.9 Å².